The third kappa shape index (κ3) is 2.55. The summed E-state index contributed by atoms with van der Waals surface area (Å²) in [4.78, 5) is 13.1. The summed E-state index contributed by atoms with van der Waals surface area (Å²) in [7, 11) is 0. The molecule has 0 aliphatic carbocycles. The lowest BCUT2D eigenvalue weighted by atomic mass is 10.0. The number of hydrogen-bond donors (Lipinski definition) is 0. The van der Waals surface area contributed by atoms with Crippen molar-refractivity contribution in [2.75, 3.05) is 0 Å². The van der Waals surface area contributed by atoms with E-state index in [1.807, 2.05) is 30.5 Å². The molecule has 1 aromatic carbocycles. The highest BCUT2D eigenvalue weighted by Gasteiger charge is 2.12. The van der Waals surface area contributed by atoms with Gasteiger partial charge in [-0.2, -0.15) is 5.26 Å². The zero-order chi connectivity index (χ0) is 13.0. The second-order valence-electron chi connectivity index (χ2n) is 3.83. The molecule has 2 aromatic rings. The smallest absolute Gasteiger partial charge is 0.203 e. The van der Waals surface area contributed by atoms with Crippen LogP contribution in [-0.4, -0.2) is 5.78 Å². The molecule has 0 spiro atoms. The van der Waals surface area contributed by atoms with E-state index in [9.17, 15) is 4.79 Å². The molecule has 0 N–H and O–H groups in total. The van der Waals surface area contributed by atoms with Crippen molar-refractivity contribution in [2.45, 2.75) is 6.92 Å². The first-order valence-corrected chi connectivity index (χ1v) is 6.36. The Kier molecular flexibility index (Phi) is 3.71. The quantitative estimate of drug-likeness (QED) is 0.473. The maximum atomic E-state index is 12.1. The maximum absolute atomic E-state index is 12.1. The lowest BCUT2D eigenvalue weighted by Crippen LogP contribution is -2.01. The lowest BCUT2D eigenvalue weighted by Gasteiger charge is -1.98. The van der Waals surface area contributed by atoms with E-state index in [1.165, 1.54) is 11.3 Å². The molecular formula is C15H11NOS. The predicted molar refractivity (Wildman–Crippen MR) is 73.4 cm³/mol. The molecule has 0 amide bonds. The van der Waals surface area contributed by atoms with Gasteiger partial charge < -0.3 is 0 Å². The summed E-state index contributed by atoms with van der Waals surface area (Å²) in [5, 5.41) is 11.1. The maximum Gasteiger partial charge on any atom is 0.203 e. The summed E-state index contributed by atoms with van der Waals surface area (Å²) in [6.07, 6.45) is 1.66. The number of rotatable bonds is 3. The second-order valence-corrected chi connectivity index (χ2v) is 4.78. The van der Waals surface area contributed by atoms with Gasteiger partial charge >= 0.3 is 0 Å². The molecular weight excluding hydrogens is 242 g/mol. The summed E-state index contributed by atoms with van der Waals surface area (Å²) in [5.41, 5.74) is 1.79. The fraction of sp³-hybridized carbons (Fsp3) is 0.0667. The SMILES string of the molecule is Cc1ccsc1/C=C(\C#N)C(=O)c1ccccc1. The van der Waals surface area contributed by atoms with Gasteiger partial charge in [-0.3, -0.25) is 4.79 Å². The first-order valence-electron chi connectivity index (χ1n) is 5.48. The van der Waals surface area contributed by atoms with Crippen LogP contribution in [-0.2, 0) is 0 Å². The molecule has 0 bridgehead atoms. The third-order valence-electron chi connectivity index (χ3n) is 2.58. The largest absolute Gasteiger partial charge is 0.288 e. The molecule has 0 aliphatic heterocycles. The van der Waals surface area contributed by atoms with E-state index in [1.54, 1.807) is 30.3 Å². The van der Waals surface area contributed by atoms with E-state index < -0.39 is 0 Å². The number of nitriles is 1. The Morgan fingerprint density at radius 1 is 1.28 bits per heavy atom. The Morgan fingerprint density at radius 2 is 2.00 bits per heavy atom. The Hall–Kier alpha value is -2.18. The molecule has 2 nitrogen and oxygen atoms in total. The van der Waals surface area contributed by atoms with Crippen LogP contribution in [0.2, 0.25) is 0 Å². The lowest BCUT2D eigenvalue weighted by molar-refractivity contribution is 0.104. The molecule has 0 saturated heterocycles. The van der Waals surface area contributed by atoms with E-state index in [0.717, 1.165) is 10.4 Å². The molecule has 1 aromatic heterocycles. The standard InChI is InChI=1S/C15H11NOS/c1-11-7-8-18-14(11)9-13(10-16)15(17)12-5-3-2-4-6-12/h2-9H,1H3/b13-9+. The number of thiophene rings is 1. The van der Waals surface area contributed by atoms with Gasteiger partial charge in [0.2, 0.25) is 5.78 Å². The number of benzene rings is 1. The van der Waals surface area contributed by atoms with Crippen LogP contribution in [0.5, 0.6) is 0 Å². The Bertz CT molecular complexity index is 632. The van der Waals surface area contributed by atoms with Gasteiger partial charge in [0.1, 0.15) is 11.6 Å². The van der Waals surface area contributed by atoms with Gasteiger partial charge in [-0.1, -0.05) is 30.3 Å². The van der Waals surface area contributed by atoms with Gasteiger partial charge in [0, 0.05) is 10.4 Å². The van der Waals surface area contributed by atoms with E-state index in [4.69, 9.17) is 5.26 Å². The van der Waals surface area contributed by atoms with E-state index >= 15 is 0 Å². The van der Waals surface area contributed by atoms with Crippen molar-refractivity contribution in [3.8, 4) is 6.07 Å². The number of carbonyl (C=O) groups is 1. The molecule has 0 unspecified atom stereocenters. The van der Waals surface area contributed by atoms with Crippen molar-refractivity contribution in [3.05, 3.63) is 63.4 Å². The van der Waals surface area contributed by atoms with Gasteiger partial charge in [-0.15, -0.1) is 11.3 Å². The van der Waals surface area contributed by atoms with Crippen LogP contribution in [0.3, 0.4) is 0 Å². The van der Waals surface area contributed by atoms with Crippen LogP contribution in [0.25, 0.3) is 6.08 Å². The summed E-state index contributed by atoms with van der Waals surface area (Å²) in [6, 6.07) is 12.8. The van der Waals surface area contributed by atoms with E-state index in [2.05, 4.69) is 0 Å². The average Bonchev–Trinajstić information content (AvgIpc) is 2.81. The van der Waals surface area contributed by atoms with Gasteiger partial charge in [-0.05, 0) is 30.0 Å². The topological polar surface area (TPSA) is 40.9 Å². The van der Waals surface area contributed by atoms with Gasteiger partial charge in [-0.25, -0.2) is 0 Å². The normalized spacial score (nSPS) is 11.0. The molecule has 18 heavy (non-hydrogen) atoms. The molecule has 0 saturated carbocycles. The number of ketones is 1. The van der Waals surface area contributed by atoms with Crippen LogP contribution >= 0.6 is 11.3 Å². The summed E-state index contributed by atoms with van der Waals surface area (Å²) >= 11 is 1.53. The highest BCUT2D eigenvalue weighted by atomic mass is 32.1. The van der Waals surface area contributed by atoms with Crippen LogP contribution in [0.4, 0.5) is 0 Å². The molecule has 3 heteroatoms. The zero-order valence-corrected chi connectivity index (χ0v) is 10.7. The van der Waals surface area contributed by atoms with Crippen LogP contribution in [0.1, 0.15) is 20.8 Å². The number of nitrogens with zero attached hydrogens (tertiary/aromatic N) is 1. The van der Waals surface area contributed by atoms with E-state index in [0.29, 0.717) is 5.56 Å². The molecule has 88 valence electrons. The summed E-state index contributed by atoms with van der Waals surface area (Å²) in [6.45, 7) is 1.96. The van der Waals surface area contributed by atoms with Crippen molar-refractivity contribution in [3.63, 3.8) is 0 Å². The van der Waals surface area contributed by atoms with Crippen molar-refractivity contribution in [1.82, 2.24) is 0 Å². The summed E-state index contributed by atoms with van der Waals surface area (Å²) in [5.74, 6) is -0.231. The molecule has 0 atom stereocenters. The van der Waals surface area contributed by atoms with Crippen LogP contribution in [0.15, 0.2) is 47.4 Å². The van der Waals surface area contributed by atoms with Crippen molar-refractivity contribution in [1.29, 1.82) is 5.26 Å². The Balaban J connectivity index is 2.37. The third-order valence-corrected chi connectivity index (χ3v) is 3.54. The number of hydrogen-bond acceptors (Lipinski definition) is 3. The minimum atomic E-state index is -0.231. The number of allylic oxidation sites excluding steroid dienone is 1. The Labute approximate surface area is 110 Å². The Morgan fingerprint density at radius 3 is 2.56 bits per heavy atom. The van der Waals surface area contributed by atoms with Crippen molar-refractivity contribution < 1.29 is 4.79 Å². The number of aryl methyl sites for hydroxylation is 1. The van der Waals surface area contributed by atoms with Gasteiger partial charge in [0.25, 0.3) is 0 Å². The monoisotopic (exact) mass is 253 g/mol. The van der Waals surface area contributed by atoms with Crippen molar-refractivity contribution in [2.24, 2.45) is 0 Å². The highest BCUT2D eigenvalue weighted by Crippen LogP contribution is 2.20. The molecule has 1 heterocycles. The highest BCUT2D eigenvalue weighted by molar-refractivity contribution is 7.11. The summed E-state index contributed by atoms with van der Waals surface area (Å²) < 4.78 is 0. The zero-order valence-electron chi connectivity index (χ0n) is 9.88. The number of carbonyl (C=O) groups excluding carboxylic acids is 1. The minimum absolute atomic E-state index is 0.173. The van der Waals surface area contributed by atoms with Crippen molar-refractivity contribution >= 4 is 23.2 Å². The first-order chi connectivity index (χ1) is 8.72. The molecule has 0 fully saturated rings. The van der Waals surface area contributed by atoms with Gasteiger partial charge in [0.15, 0.2) is 0 Å². The first kappa shape index (κ1) is 12.3. The van der Waals surface area contributed by atoms with Crippen LogP contribution in [0, 0.1) is 18.3 Å². The predicted octanol–water partition coefficient (Wildman–Crippen LogP) is 3.85. The molecule has 0 radical (unpaired) electrons. The van der Waals surface area contributed by atoms with E-state index in [-0.39, 0.29) is 11.4 Å². The molecule has 2 rings (SSSR count). The number of Topliss-reactive ketones (excluding diaryl/α,β-unsaturated/α-hetero) is 1. The fourth-order valence-electron chi connectivity index (χ4n) is 1.56. The molecule has 0 aliphatic rings. The van der Waals surface area contributed by atoms with Gasteiger partial charge in [0.05, 0.1) is 0 Å². The fourth-order valence-corrected chi connectivity index (χ4v) is 2.42. The average molecular weight is 253 g/mol. The minimum Gasteiger partial charge on any atom is -0.288 e. The van der Waals surface area contributed by atoms with Crippen LogP contribution < -0.4 is 0 Å². The second kappa shape index (κ2) is 5.44.